The first-order chi connectivity index (χ1) is 8.83. The van der Waals surface area contributed by atoms with Crippen molar-refractivity contribution >= 4 is 11.6 Å². The zero-order valence-corrected chi connectivity index (χ0v) is 10.8. The number of amides is 1. The highest BCUT2D eigenvalue weighted by Crippen LogP contribution is 2.30. The lowest BCUT2D eigenvalue weighted by molar-refractivity contribution is -0.118. The van der Waals surface area contributed by atoms with Crippen LogP contribution in [0.2, 0.25) is 0 Å². The number of rotatable bonds is 4. The highest BCUT2D eigenvalue weighted by Gasteiger charge is 2.20. The molecule has 98 valence electrons. The summed E-state index contributed by atoms with van der Waals surface area (Å²) in [5.74, 6) is 1.00. The number of carbonyl (C=O) groups excluding carboxylic acids is 1. The molecular weight excluding hydrogens is 228 g/mol. The van der Waals surface area contributed by atoms with Gasteiger partial charge in [-0.25, -0.2) is 0 Å². The number of hydrogen-bond acceptors (Lipinski definition) is 3. The molecule has 0 aliphatic carbocycles. The Morgan fingerprint density at radius 2 is 2.28 bits per heavy atom. The summed E-state index contributed by atoms with van der Waals surface area (Å²) in [5.41, 5.74) is 0.907. The molecule has 0 aromatic heterocycles. The molecule has 0 unspecified atom stereocenters. The van der Waals surface area contributed by atoms with Crippen molar-refractivity contribution in [1.82, 2.24) is 5.32 Å². The van der Waals surface area contributed by atoms with E-state index in [1.54, 1.807) is 0 Å². The van der Waals surface area contributed by atoms with E-state index >= 15 is 0 Å². The SMILES string of the molecule is CNCCCC(=O)N1CCCOc2ccccc21. The molecule has 0 bridgehead atoms. The van der Waals surface area contributed by atoms with E-state index in [1.807, 2.05) is 36.2 Å². The van der Waals surface area contributed by atoms with E-state index in [0.29, 0.717) is 13.0 Å². The molecule has 18 heavy (non-hydrogen) atoms. The summed E-state index contributed by atoms with van der Waals surface area (Å²) in [6.45, 7) is 2.30. The minimum Gasteiger partial charge on any atom is -0.491 e. The van der Waals surface area contributed by atoms with Gasteiger partial charge in [-0.15, -0.1) is 0 Å². The second kappa shape index (κ2) is 6.40. The highest BCUT2D eigenvalue weighted by molar-refractivity contribution is 5.94. The van der Waals surface area contributed by atoms with Crippen molar-refractivity contribution in [2.75, 3.05) is 31.6 Å². The summed E-state index contributed by atoms with van der Waals surface area (Å²) in [6, 6.07) is 7.76. The Labute approximate surface area is 108 Å². The fraction of sp³-hybridized carbons (Fsp3) is 0.500. The minimum absolute atomic E-state index is 0.184. The number of ether oxygens (including phenoxy) is 1. The van der Waals surface area contributed by atoms with Gasteiger partial charge in [-0.1, -0.05) is 12.1 Å². The molecule has 0 atom stereocenters. The van der Waals surface area contributed by atoms with Crippen LogP contribution in [0.3, 0.4) is 0 Å². The number of para-hydroxylation sites is 2. The smallest absolute Gasteiger partial charge is 0.227 e. The van der Waals surface area contributed by atoms with Crippen LogP contribution in [0.1, 0.15) is 19.3 Å². The topological polar surface area (TPSA) is 41.6 Å². The van der Waals surface area contributed by atoms with Crippen molar-refractivity contribution in [3.63, 3.8) is 0 Å². The summed E-state index contributed by atoms with van der Waals surface area (Å²) in [4.78, 5) is 14.1. The van der Waals surface area contributed by atoms with E-state index in [1.165, 1.54) is 0 Å². The van der Waals surface area contributed by atoms with Gasteiger partial charge in [-0.2, -0.15) is 0 Å². The quantitative estimate of drug-likeness (QED) is 0.826. The van der Waals surface area contributed by atoms with E-state index in [-0.39, 0.29) is 5.91 Å². The van der Waals surface area contributed by atoms with Crippen LogP contribution >= 0.6 is 0 Å². The van der Waals surface area contributed by atoms with E-state index < -0.39 is 0 Å². The van der Waals surface area contributed by atoms with Crippen LogP contribution in [-0.4, -0.2) is 32.7 Å². The Hall–Kier alpha value is -1.55. The van der Waals surface area contributed by atoms with Gasteiger partial charge in [0.15, 0.2) is 0 Å². The van der Waals surface area contributed by atoms with Crippen molar-refractivity contribution < 1.29 is 9.53 Å². The number of fused-ring (bicyclic) bond motifs is 1. The van der Waals surface area contributed by atoms with E-state index in [0.717, 1.165) is 37.4 Å². The molecule has 1 aromatic rings. The Balaban J connectivity index is 2.09. The van der Waals surface area contributed by atoms with Crippen molar-refractivity contribution in [1.29, 1.82) is 0 Å². The highest BCUT2D eigenvalue weighted by atomic mass is 16.5. The number of anilines is 1. The molecular formula is C14H20N2O2. The molecule has 4 nitrogen and oxygen atoms in total. The lowest BCUT2D eigenvalue weighted by Gasteiger charge is -2.21. The van der Waals surface area contributed by atoms with Gasteiger partial charge >= 0.3 is 0 Å². The normalized spacial score (nSPS) is 14.6. The van der Waals surface area contributed by atoms with Gasteiger partial charge in [0.2, 0.25) is 5.91 Å². The predicted octanol–water partition coefficient (Wildman–Crippen LogP) is 1.80. The molecule has 1 aliphatic heterocycles. The summed E-state index contributed by atoms with van der Waals surface area (Å²) in [5, 5.41) is 3.06. The number of nitrogens with one attached hydrogen (secondary N) is 1. The van der Waals surface area contributed by atoms with Crippen molar-refractivity contribution in [3.05, 3.63) is 24.3 Å². The molecule has 2 rings (SSSR count). The third kappa shape index (κ3) is 3.01. The van der Waals surface area contributed by atoms with Crippen LogP contribution in [-0.2, 0) is 4.79 Å². The van der Waals surface area contributed by atoms with Gasteiger partial charge in [0.1, 0.15) is 5.75 Å². The fourth-order valence-electron chi connectivity index (χ4n) is 2.14. The Kier molecular flexibility index (Phi) is 4.59. The summed E-state index contributed by atoms with van der Waals surface area (Å²) in [7, 11) is 1.90. The summed E-state index contributed by atoms with van der Waals surface area (Å²) in [6.07, 6.45) is 2.33. The molecule has 0 spiro atoms. The predicted molar refractivity (Wildman–Crippen MR) is 72.1 cm³/mol. The standard InChI is InChI=1S/C14H20N2O2/c1-15-9-4-8-14(17)16-10-5-11-18-13-7-3-2-6-12(13)16/h2-3,6-7,15H,4-5,8-11H2,1H3. The zero-order chi connectivity index (χ0) is 12.8. The number of nitrogens with zero attached hydrogens (tertiary/aromatic N) is 1. The van der Waals surface area contributed by atoms with Crippen LogP contribution in [0.4, 0.5) is 5.69 Å². The van der Waals surface area contributed by atoms with E-state index in [9.17, 15) is 4.79 Å². The maximum absolute atomic E-state index is 12.2. The number of carbonyl (C=O) groups is 1. The Morgan fingerprint density at radius 3 is 3.11 bits per heavy atom. The number of hydrogen-bond donors (Lipinski definition) is 1. The van der Waals surface area contributed by atoms with E-state index in [2.05, 4.69) is 5.32 Å². The van der Waals surface area contributed by atoms with Gasteiger partial charge in [0, 0.05) is 13.0 Å². The minimum atomic E-state index is 0.184. The maximum atomic E-state index is 12.2. The Morgan fingerprint density at radius 1 is 1.44 bits per heavy atom. The van der Waals surface area contributed by atoms with Crippen LogP contribution in [0.15, 0.2) is 24.3 Å². The maximum Gasteiger partial charge on any atom is 0.227 e. The molecule has 1 aliphatic rings. The first kappa shape index (κ1) is 12.9. The van der Waals surface area contributed by atoms with Gasteiger partial charge in [-0.05, 0) is 38.6 Å². The monoisotopic (exact) mass is 248 g/mol. The zero-order valence-electron chi connectivity index (χ0n) is 10.8. The lowest BCUT2D eigenvalue weighted by atomic mass is 10.2. The van der Waals surface area contributed by atoms with Gasteiger partial charge in [0.05, 0.1) is 12.3 Å². The average Bonchev–Trinajstić information content (AvgIpc) is 2.61. The summed E-state index contributed by atoms with van der Waals surface area (Å²) < 4.78 is 5.65. The van der Waals surface area contributed by atoms with Gasteiger partial charge in [-0.3, -0.25) is 4.79 Å². The molecule has 0 saturated heterocycles. The molecule has 1 amide bonds. The first-order valence-corrected chi connectivity index (χ1v) is 6.49. The molecule has 0 fully saturated rings. The Bertz CT molecular complexity index is 407. The molecule has 1 aromatic carbocycles. The largest absolute Gasteiger partial charge is 0.491 e. The molecule has 0 saturated carbocycles. The van der Waals surface area contributed by atoms with Crippen molar-refractivity contribution in [3.8, 4) is 5.75 Å². The van der Waals surface area contributed by atoms with Crippen LogP contribution < -0.4 is 15.0 Å². The average molecular weight is 248 g/mol. The second-order valence-electron chi connectivity index (χ2n) is 4.42. The summed E-state index contributed by atoms with van der Waals surface area (Å²) >= 11 is 0. The second-order valence-corrected chi connectivity index (χ2v) is 4.42. The molecule has 4 heteroatoms. The molecule has 0 radical (unpaired) electrons. The third-order valence-electron chi connectivity index (χ3n) is 3.06. The van der Waals surface area contributed by atoms with Crippen molar-refractivity contribution in [2.24, 2.45) is 0 Å². The van der Waals surface area contributed by atoms with E-state index in [4.69, 9.17) is 4.74 Å². The van der Waals surface area contributed by atoms with Crippen LogP contribution in [0, 0.1) is 0 Å². The lowest BCUT2D eigenvalue weighted by Crippen LogP contribution is -2.31. The first-order valence-electron chi connectivity index (χ1n) is 6.49. The van der Waals surface area contributed by atoms with Crippen LogP contribution in [0.5, 0.6) is 5.75 Å². The molecule has 1 heterocycles. The van der Waals surface area contributed by atoms with Gasteiger partial charge < -0.3 is 15.0 Å². The third-order valence-corrected chi connectivity index (χ3v) is 3.06. The van der Waals surface area contributed by atoms with Crippen LogP contribution in [0.25, 0.3) is 0 Å². The van der Waals surface area contributed by atoms with Gasteiger partial charge in [0.25, 0.3) is 0 Å². The number of benzene rings is 1. The fourth-order valence-corrected chi connectivity index (χ4v) is 2.14. The molecule has 1 N–H and O–H groups in total. The van der Waals surface area contributed by atoms with Crippen molar-refractivity contribution in [2.45, 2.75) is 19.3 Å².